The molecule has 1 rings (SSSR count). The van der Waals surface area contributed by atoms with Crippen molar-refractivity contribution < 1.29 is 9.59 Å². The van der Waals surface area contributed by atoms with Crippen LogP contribution in [0.25, 0.3) is 0 Å². The number of hydrogen-bond acceptors (Lipinski definition) is 3. The fraction of sp³-hybridized carbons (Fsp3) is 0.300. The second-order valence-corrected chi connectivity index (χ2v) is 3.81. The van der Waals surface area contributed by atoms with Crippen LogP contribution in [0.5, 0.6) is 0 Å². The second kappa shape index (κ2) is 6.12. The predicted molar refractivity (Wildman–Crippen MR) is 61.3 cm³/mol. The van der Waals surface area contributed by atoms with Gasteiger partial charge in [0.25, 0.3) is 0 Å². The topological polar surface area (TPSA) is 85.1 Å². The largest absolute Gasteiger partial charge is 0.370 e. The third-order valence-electron chi connectivity index (χ3n) is 1.87. The zero-order valence-corrected chi connectivity index (χ0v) is 9.37. The molecule has 0 aromatic carbocycles. The Labute approximate surface area is 98.8 Å². The zero-order valence-electron chi connectivity index (χ0n) is 8.55. The van der Waals surface area contributed by atoms with Crippen molar-refractivity contribution in [3.63, 3.8) is 0 Å². The molecule has 0 spiro atoms. The number of primary amides is 1. The number of amides is 2. The van der Waals surface area contributed by atoms with Gasteiger partial charge in [0, 0.05) is 25.4 Å². The first-order chi connectivity index (χ1) is 7.59. The average molecular weight is 238 g/mol. The molecule has 0 fully saturated rings. The van der Waals surface area contributed by atoms with Crippen molar-refractivity contribution in [2.45, 2.75) is 18.2 Å². The highest BCUT2D eigenvalue weighted by atomic mass is 32.1. The van der Waals surface area contributed by atoms with Gasteiger partial charge in [-0.3, -0.25) is 14.6 Å². The molecule has 0 saturated heterocycles. The van der Waals surface area contributed by atoms with Gasteiger partial charge in [0.2, 0.25) is 11.8 Å². The Morgan fingerprint density at radius 1 is 1.56 bits per heavy atom. The van der Waals surface area contributed by atoms with Crippen molar-refractivity contribution in [3.8, 4) is 0 Å². The fourth-order valence-electron chi connectivity index (χ4n) is 1.08. The second-order valence-electron chi connectivity index (χ2n) is 3.24. The van der Waals surface area contributed by atoms with Gasteiger partial charge in [0.15, 0.2) is 0 Å². The summed E-state index contributed by atoms with van der Waals surface area (Å²) in [4.78, 5) is 25.9. The Balaban J connectivity index is 2.38. The lowest BCUT2D eigenvalue weighted by molar-refractivity contribution is -0.124. The van der Waals surface area contributed by atoms with E-state index in [0.29, 0.717) is 6.54 Å². The molecule has 0 saturated carbocycles. The summed E-state index contributed by atoms with van der Waals surface area (Å²) < 4.78 is 0. The lowest BCUT2D eigenvalue weighted by Gasteiger charge is -2.08. The van der Waals surface area contributed by atoms with E-state index in [-0.39, 0.29) is 12.3 Å². The molecule has 0 aliphatic rings. The van der Waals surface area contributed by atoms with Crippen molar-refractivity contribution in [1.82, 2.24) is 10.3 Å². The highest BCUT2D eigenvalue weighted by Gasteiger charge is 2.16. The summed E-state index contributed by atoms with van der Waals surface area (Å²) in [6.07, 6.45) is 3.18. The van der Waals surface area contributed by atoms with Crippen LogP contribution in [0.15, 0.2) is 24.5 Å². The monoisotopic (exact) mass is 238 g/mol. The molecule has 3 N–H and O–H groups in total. The fourth-order valence-corrected chi connectivity index (χ4v) is 1.33. The minimum absolute atomic E-state index is 0.117. The number of aromatic nitrogens is 1. The summed E-state index contributed by atoms with van der Waals surface area (Å²) in [7, 11) is 0. The first-order valence-corrected chi connectivity index (χ1v) is 5.17. The maximum atomic E-state index is 11.4. The molecule has 1 atom stereocenters. The molecule has 1 unspecified atom stereocenters. The van der Waals surface area contributed by atoms with Crippen LogP contribution in [0.2, 0.25) is 0 Å². The lowest BCUT2D eigenvalue weighted by Crippen LogP contribution is -2.33. The van der Waals surface area contributed by atoms with Gasteiger partial charge in [0.1, 0.15) is 5.25 Å². The number of carbonyl (C=O) groups is 2. The van der Waals surface area contributed by atoms with Crippen molar-refractivity contribution in [3.05, 3.63) is 30.1 Å². The van der Waals surface area contributed by atoms with Gasteiger partial charge < -0.3 is 11.1 Å². The maximum Gasteiger partial charge on any atom is 0.234 e. The predicted octanol–water partition coefficient (Wildman–Crippen LogP) is 0.139. The van der Waals surface area contributed by atoms with E-state index in [1.54, 1.807) is 18.5 Å². The Morgan fingerprint density at radius 2 is 2.31 bits per heavy atom. The number of carbonyl (C=O) groups excluding carboxylic acids is 2. The van der Waals surface area contributed by atoms with Crippen molar-refractivity contribution in [2.24, 2.45) is 5.73 Å². The number of nitrogens with two attached hydrogens (primary N) is 1. The molecule has 0 aliphatic heterocycles. The van der Waals surface area contributed by atoms with Gasteiger partial charge in [-0.1, -0.05) is 18.7 Å². The molecule has 85 valence electrons. The number of nitrogens with zero attached hydrogens (tertiary/aromatic N) is 1. The van der Waals surface area contributed by atoms with Gasteiger partial charge in [-0.2, -0.15) is 0 Å². The molecule has 1 radical (unpaired) electrons. The van der Waals surface area contributed by atoms with Crippen LogP contribution in [0, 0.1) is 0 Å². The summed E-state index contributed by atoms with van der Waals surface area (Å²) in [6.45, 7) is 0.346. The van der Waals surface area contributed by atoms with Gasteiger partial charge >= 0.3 is 0 Å². The van der Waals surface area contributed by atoms with E-state index in [2.05, 4.69) is 10.3 Å². The minimum Gasteiger partial charge on any atom is -0.370 e. The van der Waals surface area contributed by atoms with Gasteiger partial charge in [-0.15, -0.1) is 0 Å². The Kier molecular flexibility index (Phi) is 4.78. The van der Waals surface area contributed by atoms with Crippen molar-refractivity contribution in [1.29, 1.82) is 0 Å². The van der Waals surface area contributed by atoms with E-state index in [9.17, 15) is 9.59 Å². The lowest BCUT2D eigenvalue weighted by atomic mass is 10.2. The first kappa shape index (κ1) is 12.5. The summed E-state index contributed by atoms with van der Waals surface area (Å²) >= 11 is 4.82. The average Bonchev–Trinajstić information content (AvgIpc) is 2.26. The van der Waals surface area contributed by atoms with Crippen LogP contribution in [-0.2, 0) is 16.1 Å². The van der Waals surface area contributed by atoms with Crippen LogP contribution < -0.4 is 11.1 Å². The Morgan fingerprint density at radius 3 is 2.88 bits per heavy atom. The minimum atomic E-state index is -0.811. The summed E-state index contributed by atoms with van der Waals surface area (Å²) in [5.41, 5.74) is 5.82. The van der Waals surface area contributed by atoms with Gasteiger partial charge in [-0.25, -0.2) is 0 Å². The molecule has 1 aromatic rings. The molecule has 1 heterocycles. The van der Waals surface area contributed by atoms with Crippen LogP contribution in [0.4, 0.5) is 0 Å². The van der Waals surface area contributed by atoms with Crippen molar-refractivity contribution >= 4 is 24.4 Å². The summed E-state index contributed by atoms with van der Waals surface area (Å²) in [5, 5.41) is 1.80. The molecule has 16 heavy (non-hydrogen) atoms. The molecule has 0 aliphatic carbocycles. The SMILES string of the molecule is NC(=O)CC([S])C(=O)NCc1cccnc1. The molecule has 2 amide bonds. The molecule has 0 bridgehead atoms. The summed E-state index contributed by atoms with van der Waals surface area (Å²) in [5.74, 6) is -0.936. The Hall–Kier alpha value is -1.56. The number of hydrogen-bond donors (Lipinski definition) is 2. The maximum absolute atomic E-state index is 11.4. The van der Waals surface area contributed by atoms with E-state index in [4.69, 9.17) is 18.4 Å². The molecule has 5 nitrogen and oxygen atoms in total. The van der Waals surface area contributed by atoms with Crippen LogP contribution in [0.1, 0.15) is 12.0 Å². The molecular weight excluding hydrogens is 226 g/mol. The Bertz CT molecular complexity index is 370. The normalized spacial score (nSPS) is 11.8. The number of rotatable bonds is 5. The standard InChI is InChI=1S/C10H12N3O2S/c11-9(14)4-8(16)10(15)13-6-7-2-1-3-12-5-7/h1-3,5,8H,4,6H2,(H2,11,14)(H,13,15). The van der Waals surface area contributed by atoms with E-state index in [0.717, 1.165) is 5.56 Å². The van der Waals surface area contributed by atoms with Crippen LogP contribution in [-0.4, -0.2) is 22.0 Å². The van der Waals surface area contributed by atoms with E-state index >= 15 is 0 Å². The van der Waals surface area contributed by atoms with E-state index < -0.39 is 11.2 Å². The van der Waals surface area contributed by atoms with E-state index in [1.807, 2.05) is 6.07 Å². The van der Waals surface area contributed by atoms with Gasteiger partial charge in [0.05, 0.1) is 0 Å². The molecular formula is C10H12N3O2S. The smallest absolute Gasteiger partial charge is 0.234 e. The van der Waals surface area contributed by atoms with Crippen molar-refractivity contribution in [2.75, 3.05) is 0 Å². The third kappa shape index (κ3) is 4.31. The van der Waals surface area contributed by atoms with Crippen LogP contribution >= 0.6 is 12.6 Å². The zero-order chi connectivity index (χ0) is 12.0. The quantitative estimate of drug-likeness (QED) is 0.765. The summed E-state index contributed by atoms with van der Waals surface area (Å²) in [6, 6.07) is 3.61. The van der Waals surface area contributed by atoms with E-state index in [1.165, 1.54) is 0 Å². The third-order valence-corrected chi connectivity index (χ3v) is 2.25. The number of pyridine rings is 1. The van der Waals surface area contributed by atoms with Crippen LogP contribution in [0.3, 0.4) is 0 Å². The molecule has 1 aromatic heterocycles. The van der Waals surface area contributed by atoms with Gasteiger partial charge in [-0.05, 0) is 11.6 Å². The number of nitrogens with one attached hydrogen (secondary N) is 1. The highest BCUT2D eigenvalue weighted by molar-refractivity contribution is 7.81. The highest BCUT2D eigenvalue weighted by Crippen LogP contribution is 2.01. The molecule has 6 heteroatoms. The first-order valence-electron chi connectivity index (χ1n) is 4.70.